The van der Waals surface area contributed by atoms with Crippen molar-refractivity contribution in [2.75, 3.05) is 6.61 Å². The Morgan fingerprint density at radius 3 is 2.43 bits per heavy atom. The Labute approximate surface area is 250 Å². The van der Waals surface area contributed by atoms with Gasteiger partial charge >= 0.3 is 19.8 Å². The molecule has 3 aromatic rings. The number of carbonyl (C=O) groups excluding carboxylic acids is 1. The van der Waals surface area contributed by atoms with Crippen molar-refractivity contribution in [3.05, 3.63) is 110 Å². The van der Waals surface area contributed by atoms with Gasteiger partial charge in [0.1, 0.15) is 23.6 Å². The van der Waals surface area contributed by atoms with Gasteiger partial charge in [-0.15, -0.1) is 4.52 Å². The van der Waals surface area contributed by atoms with Crippen LogP contribution in [0.1, 0.15) is 25.6 Å². The molecule has 0 bridgehead atoms. The molecule has 0 amide bonds. The number of nitrogens with zero attached hydrogens (tertiary/aromatic N) is 5. The number of esters is 1. The maximum absolute atomic E-state index is 13.8. The van der Waals surface area contributed by atoms with Crippen LogP contribution >= 0.6 is 8.18 Å². The van der Waals surface area contributed by atoms with Crippen molar-refractivity contribution in [2.45, 2.75) is 56.6 Å². The summed E-state index contributed by atoms with van der Waals surface area (Å²) in [6.07, 6.45) is -5.00. The van der Waals surface area contributed by atoms with E-state index in [-0.39, 0.29) is 12.2 Å². The minimum Gasteiger partial charge on any atom is -0.462 e. The SMILES string of the molecule is CC(C)OC(=O)C(Cc1ccccc1)N(Oc1ccccc1)[P+](=O)OC[C@@]1(N=[N+]=[N-])O[C@@H](n2ccc(=O)[nH]c2=O)[C@H](O)[C@@H]1O. The molecule has 2 heterocycles. The van der Waals surface area contributed by atoms with Gasteiger partial charge in [-0.3, -0.25) is 19.1 Å². The second-order valence-corrected chi connectivity index (χ2v) is 11.0. The van der Waals surface area contributed by atoms with Crippen LogP contribution in [0.3, 0.4) is 0 Å². The Balaban J connectivity index is 1.66. The van der Waals surface area contributed by atoms with Crippen LogP contribution in [0.4, 0.5) is 0 Å². The molecule has 17 heteroatoms. The number of ether oxygens (including phenoxy) is 2. The highest BCUT2D eigenvalue weighted by Crippen LogP contribution is 2.42. The average molecular weight is 630 g/mol. The Hall–Kier alpha value is -4.40. The van der Waals surface area contributed by atoms with Crippen LogP contribution in [0.2, 0.25) is 0 Å². The number of hydrogen-bond acceptors (Lipinski definition) is 11. The van der Waals surface area contributed by atoms with Crippen molar-refractivity contribution in [3.8, 4) is 5.75 Å². The first kappa shape index (κ1) is 32.5. The van der Waals surface area contributed by atoms with Gasteiger partial charge in [0.25, 0.3) is 5.56 Å². The van der Waals surface area contributed by atoms with Gasteiger partial charge < -0.3 is 24.5 Å². The molecule has 1 aliphatic heterocycles. The minimum absolute atomic E-state index is 0.0137. The summed E-state index contributed by atoms with van der Waals surface area (Å²) in [6.45, 7) is 2.37. The van der Waals surface area contributed by atoms with E-state index in [0.717, 1.165) is 21.7 Å². The molecule has 0 saturated carbocycles. The molecule has 1 fully saturated rings. The molecular weight excluding hydrogens is 599 g/mol. The normalized spacial score (nSPS) is 22.3. The lowest BCUT2D eigenvalue weighted by molar-refractivity contribution is -0.160. The number of aliphatic hydroxyl groups is 2. The fourth-order valence-corrected chi connectivity index (χ4v) is 5.31. The molecule has 1 aliphatic rings. The Morgan fingerprint density at radius 2 is 1.82 bits per heavy atom. The monoisotopic (exact) mass is 629 g/mol. The number of carbonyl (C=O) groups is 1. The lowest BCUT2D eigenvalue weighted by Gasteiger charge is -2.25. The highest BCUT2D eigenvalue weighted by molar-refractivity contribution is 7.36. The zero-order valence-electron chi connectivity index (χ0n) is 23.6. The van der Waals surface area contributed by atoms with Crippen molar-refractivity contribution in [3.63, 3.8) is 0 Å². The topological polar surface area (TPSA) is 218 Å². The number of aromatic amines is 1. The molecule has 2 aromatic carbocycles. The molecule has 16 nitrogen and oxygen atoms in total. The lowest BCUT2D eigenvalue weighted by Crippen LogP contribution is -2.46. The minimum atomic E-state index is -3.14. The van der Waals surface area contributed by atoms with E-state index in [2.05, 4.69) is 10.0 Å². The first-order valence-corrected chi connectivity index (χ1v) is 14.5. The zero-order valence-corrected chi connectivity index (χ0v) is 24.5. The molecule has 1 aromatic heterocycles. The third-order valence-corrected chi connectivity index (χ3v) is 7.42. The van der Waals surface area contributed by atoms with Gasteiger partial charge in [-0.2, -0.15) is 0 Å². The van der Waals surface area contributed by atoms with Crippen LogP contribution in [-0.2, 0) is 29.8 Å². The molecule has 4 rings (SSSR count). The van der Waals surface area contributed by atoms with E-state index in [0.29, 0.717) is 5.56 Å². The highest BCUT2D eigenvalue weighted by Gasteiger charge is 2.58. The van der Waals surface area contributed by atoms with Crippen molar-refractivity contribution < 1.29 is 38.4 Å². The van der Waals surface area contributed by atoms with Crippen molar-refractivity contribution in [2.24, 2.45) is 5.11 Å². The number of hydroxylamine groups is 1. The summed E-state index contributed by atoms with van der Waals surface area (Å²) in [5.74, 6) is -0.578. The zero-order chi connectivity index (χ0) is 31.9. The number of para-hydroxylation sites is 1. The summed E-state index contributed by atoms with van der Waals surface area (Å²) >= 11 is 0. The molecular formula is C27H30N6O10P+. The molecule has 2 unspecified atom stereocenters. The molecule has 0 aliphatic carbocycles. The summed E-state index contributed by atoms with van der Waals surface area (Å²) in [7, 11) is -3.14. The van der Waals surface area contributed by atoms with Gasteiger partial charge in [-0.25, -0.2) is 4.79 Å². The van der Waals surface area contributed by atoms with E-state index >= 15 is 0 Å². The van der Waals surface area contributed by atoms with Gasteiger partial charge in [0.2, 0.25) is 5.72 Å². The number of nitrogens with one attached hydrogen (secondary N) is 1. The van der Waals surface area contributed by atoms with E-state index in [9.17, 15) is 34.7 Å². The van der Waals surface area contributed by atoms with Crippen molar-refractivity contribution in [1.29, 1.82) is 0 Å². The fourth-order valence-electron chi connectivity index (χ4n) is 4.33. The van der Waals surface area contributed by atoms with Gasteiger partial charge in [0.05, 0.1) is 6.10 Å². The molecule has 1 saturated heterocycles. The van der Waals surface area contributed by atoms with Crippen LogP contribution in [0, 0.1) is 0 Å². The maximum atomic E-state index is 13.8. The number of aliphatic hydroxyl groups excluding tert-OH is 2. The number of azide groups is 1. The Morgan fingerprint density at radius 1 is 1.16 bits per heavy atom. The predicted molar refractivity (Wildman–Crippen MR) is 153 cm³/mol. The van der Waals surface area contributed by atoms with Gasteiger partial charge in [0, 0.05) is 23.6 Å². The van der Waals surface area contributed by atoms with Crippen LogP contribution in [0.25, 0.3) is 10.4 Å². The van der Waals surface area contributed by atoms with Gasteiger partial charge in [-0.1, -0.05) is 53.6 Å². The molecule has 0 radical (unpaired) electrons. The second kappa shape index (κ2) is 14.4. The molecule has 6 atom stereocenters. The molecule has 232 valence electrons. The number of aromatic nitrogens is 2. The van der Waals surface area contributed by atoms with E-state index in [1.807, 2.05) is 4.98 Å². The van der Waals surface area contributed by atoms with E-state index in [1.54, 1.807) is 74.5 Å². The second-order valence-electron chi connectivity index (χ2n) is 9.90. The first-order valence-electron chi connectivity index (χ1n) is 13.3. The third kappa shape index (κ3) is 7.56. The lowest BCUT2D eigenvalue weighted by atomic mass is 10.1. The van der Waals surface area contributed by atoms with E-state index in [4.69, 9.17) is 18.8 Å². The summed E-state index contributed by atoms with van der Waals surface area (Å²) in [5.41, 5.74) is 5.85. The first-order chi connectivity index (χ1) is 21.0. The van der Waals surface area contributed by atoms with E-state index in [1.165, 1.54) is 0 Å². The summed E-state index contributed by atoms with van der Waals surface area (Å²) in [6, 6.07) is 16.6. The largest absolute Gasteiger partial charge is 0.653 e. The number of rotatable bonds is 13. The average Bonchev–Trinajstić information content (AvgIpc) is 3.24. The smallest absolute Gasteiger partial charge is 0.462 e. The number of hydrogen-bond donors (Lipinski definition) is 3. The quantitative estimate of drug-likeness (QED) is 0.0622. The molecule has 44 heavy (non-hydrogen) atoms. The Kier molecular flexibility index (Phi) is 10.6. The van der Waals surface area contributed by atoms with Crippen LogP contribution in [-0.4, -0.2) is 67.3 Å². The predicted octanol–water partition coefficient (Wildman–Crippen LogP) is 2.33. The fraction of sp³-hybridized carbons (Fsp3) is 0.370. The van der Waals surface area contributed by atoms with Crippen LogP contribution < -0.4 is 16.1 Å². The highest BCUT2D eigenvalue weighted by atomic mass is 31.1. The van der Waals surface area contributed by atoms with Gasteiger partial charge in [-0.05, 0) is 41.6 Å². The van der Waals surface area contributed by atoms with E-state index < -0.39 is 68.3 Å². The number of H-pyrrole nitrogens is 1. The maximum Gasteiger partial charge on any atom is 0.653 e. The summed E-state index contributed by atoms with van der Waals surface area (Å²) in [5, 5.41) is 25.1. The molecule has 0 spiro atoms. The third-order valence-electron chi connectivity index (χ3n) is 6.39. The van der Waals surface area contributed by atoms with Gasteiger partial charge in [0.15, 0.2) is 18.0 Å². The summed E-state index contributed by atoms with van der Waals surface area (Å²) in [4.78, 5) is 48.5. The van der Waals surface area contributed by atoms with Crippen molar-refractivity contribution >= 4 is 14.1 Å². The van der Waals surface area contributed by atoms with Crippen LogP contribution in [0.5, 0.6) is 5.75 Å². The summed E-state index contributed by atoms with van der Waals surface area (Å²) < 4.78 is 31.2. The van der Waals surface area contributed by atoms with Crippen LogP contribution in [0.15, 0.2) is 87.6 Å². The Bertz CT molecular complexity index is 1610. The molecule has 3 N–H and O–H groups in total. The number of benzene rings is 2. The van der Waals surface area contributed by atoms with Crippen molar-refractivity contribution in [1.82, 2.24) is 14.4 Å². The standard InChI is InChI=1S/C27H29N6O10P/c1-17(2)41-25(37)20(15-18-9-5-3-6-10-18)33(43-19-11-7-4-8-12-19)44(39)40-16-27(30-31-28)23(36)22(35)24(42-27)32-14-13-21(34)29-26(32)38/h3-14,17,20,22-24,35-36H,15-16H2,1-2H3/p+1/t20?,22-,23+,24-,27-/m1/s1.